The Balaban J connectivity index is 2.78. The van der Waals surface area contributed by atoms with Crippen molar-refractivity contribution < 1.29 is 0 Å². The van der Waals surface area contributed by atoms with E-state index in [0.717, 1.165) is 10.6 Å². The average Bonchev–Trinajstić information content (AvgIpc) is 1.93. The average molecular weight is 188 g/mol. The van der Waals surface area contributed by atoms with Crippen molar-refractivity contribution in [2.75, 3.05) is 0 Å². The molecular formula is C8H10ClNS. The first kappa shape index (κ1) is 8.91. The molecule has 60 valence electrons. The molecule has 2 N–H and O–H groups in total. The molecule has 1 aromatic carbocycles. The van der Waals surface area contributed by atoms with Gasteiger partial charge in [0.15, 0.2) is 0 Å². The first-order valence-electron chi connectivity index (χ1n) is 3.37. The lowest BCUT2D eigenvalue weighted by molar-refractivity contribution is 0.909. The van der Waals surface area contributed by atoms with Crippen molar-refractivity contribution in [3.8, 4) is 0 Å². The van der Waals surface area contributed by atoms with Gasteiger partial charge in [0.05, 0.1) is 5.37 Å². The second kappa shape index (κ2) is 4.00. The van der Waals surface area contributed by atoms with E-state index >= 15 is 0 Å². The molecule has 1 rings (SSSR count). The maximum absolute atomic E-state index is 5.88. The molecule has 0 bridgehead atoms. The second-order valence-electron chi connectivity index (χ2n) is 2.36. The normalized spacial score (nSPS) is 13.0. The molecule has 0 heterocycles. The van der Waals surface area contributed by atoms with E-state index in [1.165, 1.54) is 0 Å². The zero-order valence-electron chi connectivity index (χ0n) is 6.00. The maximum Gasteiger partial charge on any atom is 0.0518 e. The quantitative estimate of drug-likeness (QED) is 0.538. The molecule has 0 fully saturated rings. The molecule has 1 nitrogen and oxygen atoms in total. The topological polar surface area (TPSA) is 26.0 Å². The molecule has 0 aliphatic carbocycles. The molecule has 1 atom stereocenters. The predicted molar refractivity (Wildman–Crippen MR) is 52.1 cm³/mol. The smallest absolute Gasteiger partial charge is 0.0518 e. The summed E-state index contributed by atoms with van der Waals surface area (Å²) < 4.78 is 0. The van der Waals surface area contributed by atoms with Crippen molar-refractivity contribution >= 4 is 24.2 Å². The van der Waals surface area contributed by atoms with E-state index < -0.39 is 0 Å². The van der Waals surface area contributed by atoms with E-state index in [1.807, 2.05) is 24.3 Å². The summed E-state index contributed by atoms with van der Waals surface area (Å²) >= 11 is 9.95. The maximum atomic E-state index is 5.88. The monoisotopic (exact) mass is 187 g/mol. The lowest BCUT2D eigenvalue weighted by Gasteiger charge is -2.05. The minimum atomic E-state index is -0.130. The molecule has 0 saturated carbocycles. The molecule has 1 aromatic rings. The van der Waals surface area contributed by atoms with Gasteiger partial charge < -0.3 is 5.73 Å². The molecule has 1 unspecified atom stereocenters. The highest BCUT2D eigenvalue weighted by molar-refractivity contribution is 7.80. The van der Waals surface area contributed by atoms with Crippen LogP contribution in [0.2, 0.25) is 5.02 Å². The number of hydrogen-bond donors (Lipinski definition) is 2. The van der Waals surface area contributed by atoms with Crippen LogP contribution in [0, 0.1) is 0 Å². The van der Waals surface area contributed by atoms with Gasteiger partial charge in [-0.1, -0.05) is 29.8 Å². The van der Waals surface area contributed by atoms with Gasteiger partial charge in [0.1, 0.15) is 0 Å². The Hall–Kier alpha value is -0.180. The summed E-state index contributed by atoms with van der Waals surface area (Å²) in [7, 11) is 0. The molecule has 0 saturated heterocycles. The van der Waals surface area contributed by atoms with Crippen molar-refractivity contribution in [1.82, 2.24) is 0 Å². The summed E-state index contributed by atoms with van der Waals surface area (Å²) in [6.45, 7) is 0. The standard InChI is InChI=1S/C8H10ClNS/c9-7-4-2-1-3-6(7)5-8(10)11/h1-4,8,11H,5,10H2. The number of rotatable bonds is 2. The van der Waals surface area contributed by atoms with Gasteiger partial charge in [-0.2, -0.15) is 12.6 Å². The molecule has 0 spiro atoms. The van der Waals surface area contributed by atoms with E-state index in [-0.39, 0.29) is 5.37 Å². The Labute approximate surface area is 77.0 Å². The summed E-state index contributed by atoms with van der Waals surface area (Å²) in [6, 6.07) is 7.65. The molecule has 3 heteroatoms. The Morgan fingerprint density at radius 3 is 2.64 bits per heavy atom. The van der Waals surface area contributed by atoms with Crippen LogP contribution in [0.3, 0.4) is 0 Å². The van der Waals surface area contributed by atoms with Crippen molar-refractivity contribution in [3.05, 3.63) is 34.9 Å². The Bertz CT molecular complexity index is 237. The highest BCUT2D eigenvalue weighted by Gasteiger charge is 2.01. The second-order valence-corrected chi connectivity index (χ2v) is 3.43. The van der Waals surface area contributed by atoms with Gasteiger partial charge in [-0.25, -0.2) is 0 Å². The van der Waals surface area contributed by atoms with Gasteiger partial charge in [0, 0.05) is 5.02 Å². The van der Waals surface area contributed by atoms with Gasteiger partial charge in [-0.05, 0) is 18.1 Å². The van der Waals surface area contributed by atoms with Crippen LogP contribution in [0.5, 0.6) is 0 Å². The zero-order valence-corrected chi connectivity index (χ0v) is 7.65. The first-order chi connectivity index (χ1) is 5.20. The third-order valence-corrected chi connectivity index (χ3v) is 1.94. The number of benzene rings is 1. The van der Waals surface area contributed by atoms with Crippen molar-refractivity contribution in [2.45, 2.75) is 11.8 Å². The van der Waals surface area contributed by atoms with Crippen LogP contribution in [0.15, 0.2) is 24.3 Å². The van der Waals surface area contributed by atoms with Crippen molar-refractivity contribution in [2.24, 2.45) is 5.73 Å². The summed E-state index contributed by atoms with van der Waals surface area (Å²) in [5.41, 5.74) is 6.55. The predicted octanol–water partition coefficient (Wildman–Crippen LogP) is 2.10. The molecule has 0 aliphatic heterocycles. The molecule has 0 aromatic heterocycles. The number of halogens is 1. The summed E-state index contributed by atoms with van der Waals surface area (Å²) in [5, 5.41) is 0.631. The summed E-state index contributed by atoms with van der Waals surface area (Å²) in [6.07, 6.45) is 0.711. The fraction of sp³-hybridized carbons (Fsp3) is 0.250. The van der Waals surface area contributed by atoms with Gasteiger partial charge in [0.2, 0.25) is 0 Å². The van der Waals surface area contributed by atoms with Crippen LogP contribution in [0.25, 0.3) is 0 Å². The molecule has 0 aliphatic rings. The molecule has 0 amide bonds. The van der Waals surface area contributed by atoms with Crippen LogP contribution in [-0.4, -0.2) is 5.37 Å². The minimum absolute atomic E-state index is 0.130. The minimum Gasteiger partial charge on any atom is -0.319 e. The van der Waals surface area contributed by atoms with Crippen LogP contribution >= 0.6 is 24.2 Å². The van der Waals surface area contributed by atoms with Crippen LogP contribution in [0.1, 0.15) is 5.56 Å². The largest absolute Gasteiger partial charge is 0.319 e. The zero-order chi connectivity index (χ0) is 8.27. The third kappa shape index (κ3) is 2.73. The third-order valence-electron chi connectivity index (χ3n) is 1.39. The highest BCUT2D eigenvalue weighted by Crippen LogP contribution is 2.16. The van der Waals surface area contributed by atoms with Crippen LogP contribution in [0.4, 0.5) is 0 Å². The molecule has 0 radical (unpaired) electrons. The van der Waals surface area contributed by atoms with Crippen molar-refractivity contribution in [3.63, 3.8) is 0 Å². The fourth-order valence-corrected chi connectivity index (χ4v) is 1.30. The van der Waals surface area contributed by atoms with Gasteiger partial charge in [-0.15, -0.1) is 0 Å². The van der Waals surface area contributed by atoms with E-state index in [9.17, 15) is 0 Å². The van der Waals surface area contributed by atoms with E-state index in [2.05, 4.69) is 12.6 Å². The fourth-order valence-electron chi connectivity index (χ4n) is 0.889. The van der Waals surface area contributed by atoms with Gasteiger partial charge >= 0.3 is 0 Å². The van der Waals surface area contributed by atoms with E-state index in [0.29, 0.717) is 6.42 Å². The molecule has 11 heavy (non-hydrogen) atoms. The van der Waals surface area contributed by atoms with Gasteiger partial charge in [-0.3, -0.25) is 0 Å². The first-order valence-corrected chi connectivity index (χ1v) is 4.26. The lowest BCUT2D eigenvalue weighted by atomic mass is 10.1. The SMILES string of the molecule is NC(S)Cc1ccccc1Cl. The van der Waals surface area contributed by atoms with Crippen LogP contribution in [-0.2, 0) is 6.42 Å². The molecular weight excluding hydrogens is 178 g/mol. The Morgan fingerprint density at radius 1 is 1.45 bits per heavy atom. The van der Waals surface area contributed by atoms with Crippen molar-refractivity contribution in [1.29, 1.82) is 0 Å². The number of hydrogen-bond acceptors (Lipinski definition) is 2. The van der Waals surface area contributed by atoms with Gasteiger partial charge in [0.25, 0.3) is 0 Å². The Morgan fingerprint density at radius 2 is 2.09 bits per heavy atom. The summed E-state index contributed by atoms with van der Waals surface area (Å²) in [4.78, 5) is 0. The van der Waals surface area contributed by atoms with E-state index in [4.69, 9.17) is 17.3 Å². The number of nitrogens with two attached hydrogens (primary N) is 1. The Kier molecular flexibility index (Phi) is 3.24. The number of thiol groups is 1. The summed E-state index contributed by atoms with van der Waals surface area (Å²) in [5.74, 6) is 0. The lowest BCUT2D eigenvalue weighted by Crippen LogP contribution is -2.14. The highest BCUT2D eigenvalue weighted by atomic mass is 35.5. The van der Waals surface area contributed by atoms with Crippen LogP contribution < -0.4 is 5.73 Å². The van der Waals surface area contributed by atoms with E-state index in [1.54, 1.807) is 0 Å².